The van der Waals surface area contributed by atoms with Gasteiger partial charge in [-0.15, -0.1) is 0 Å². The first-order valence-electron chi connectivity index (χ1n) is 6.99. The van der Waals surface area contributed by atoms with E-state index in [1.807, 2.05) is 18.7 Å². The van der Waals surface area contributed by atoms with Crippen LogP contribution in [0.3, 0.4) is 0 Å². The number of hydrogen-bond acceptors (Lipinski definition) is 1. The minimum atomic E-state index is -1.36. The van der Waals surface area contributed by atoms with Crippen molar-refractivity contribution in [2.45, 2.75) is 66.7 Å². The molecule has 0 spiro atoms. The summed E-state index contributed by atoms with van der Waals surface area (Å²) in [5.41, 5.74) is 1.36. The van der Waals surface area contributed by atoms with Crippen LogP contribution in [0.5, 0.6) is 0 Å². The Morgan fingerprint density at radius 1 is 1.39 bits per heavy atom. The lowest BCUT2D eigenvalue weighted by atomic mass is 10.1. The highest BCUT2D eigenvalue weighted by Crippen LogP contribution is 2.30. The third kappa shape index (κ3) is 3.84. The van der Waals surface area contributed by atoms with E-state index in [2.05, 4.69) is 46.1 Å². The molecule has 1 heterocycles. The van der Waals surface area contributed by atoms with Gasteiger partial charge in [0.25, 0.3) is 0 Å². The van der Waals surface area contributed by atoms with E-state index in [1.54, 1.807) is 6.92 Å². The van der Waals surface area contributed by atoms with E-state index in [1.165, 1.54) is 16.8 Å². The van der Waals surface area contributed by atoms with Gasteiger partial charge in [0, 0.05) is 13.1 Å². The summed E-state index contributed by atoms with van der Waals surface area (Å²) in [6.07, 6.45) is 4.30. The largest absolute Gasteiger partial charge is 0.313 e. The number of carbonyl (C=O) groups excluding carboxylic acids is 1. The molecular formula is C15H29NOSi. The Kier molecular flexibility index (Phi) is 6.61. The molecule has 0 aromatic carbocycles. The maximum absolute atomic E-state index is 11.5. The van der Waals surface area contributed by atoms with Crippen molar-refractivity contribution < 1.29 is 4.79 Å². The predicted octanol–water partition coefficient (Wildman–Crippen LogP) is 4.36. The summed E-state index contributed by atoms with van der Waals surface area (Å²) < 4.78 is 0. The molecule has 0 saturated carbocycles. The number of allylic oxidation sites excluding steroid dienone is 2. The Labute approximate surface area is 114 Å². The number of amides is 1. The zero-order valence-corrected chi connectivity index (χ0v) is 14.3. The zero-order valence-electron chi connectivity index (χ0n) is 13.3. The molecule has 0 saturated heterocycles. The highest BCUT2D eigenvalue weighted by Gasteiger charge is 2.29. The van der Waals surface area contributed by atoms with Crippen molar-refractivity contribution in [3.05, 3.63) is 23.0 Å². The molecule has 0 N–H and O–H groups in total. The number of nitrogens with zero attached hydrogens (tertiary/aromatic N) is 1. The van der Waals surface area contributed by atoms with Gasteiger partial charge in [-0.3, -0.25) is 4.79 Å². The lowest BCUT2D eigenvalue weighted by molar-refractivity contribution is -0.127. The van der Waals surface area contributed by atoms with Crippen LogP contribution in [0.2, 0.25) is 19.1 Å². The van der Waals surface area contributed by atoms with E-state index in [0.717, 1.165) is 0 Å². The number of carbonyl (C=O) groups is 1. The third-order valence-corrected chi connectivity index (χ3v) is 7.35. The SMILES string of the molecule is CC.CC[Si](C)(C)C1=CN(C(C)=O)C(C)C=C1C. The maximum Gasteiger partial charge on any atom is 0.223 e. The van der Waals surface area contributed by atoms with Crippen molar-refractivity contribution in [3.63, 3.8) is 0 Å². The maximum atomic E-state index is 11.5. The van der Waals surface area contributed by atoms with Crippen molar-refractivity contribution in [1.29, 1.82) is 0 Å². The fourth-order valence-corrected chi connectivity index (χ4v) is 4.19. The number of rotatable bonds is 2. The van der Waals surface area contributed by atoms with Gasteiger partial charge < -0.3 is 4.90 Å². The smallest absolute Gasteiger partial charge is 0.223 e. The molecule has 104 valence electrons. The van der Waals surface area contributed by atoms with Gasteiger partial charge in [0.1, 0.15) is 0 Å². The first-order valence-corrected chi connectivity index (χ1v) is 10.2. The lowest BCUT2D eigenvalue weighted by Crippen LogP contribution is -2.39. The van der Waals surface area contributed by atoms with Crippen LogP contribution in [-0.4, -0.2) is 24.9 Å². The highest BCUT2D eigenvalue weighted by molar-refractivity contribution is 6.85. The van der Waals surface area contributed by atoms with Crippen molar-refractivity contribution in [2.75, 3.05) is 0 Å². The zero-order chi connectivity index (χ0) is 14.5. The minimum absolute atomic E-state index is 0.134. The Bertz CT molecular complexity index is 356. The van der Waals surface area contributed by atoms with Crippen LogP contribution >= 0.6 is 0 Å². The van der Waals surface area contributed by atoms with Gasteiger partial charge in [-0.2, -0.15) is 0 Å². The Morgan fingerprint density at radius 2 is 1.89 bits per heavy atom. The minimum Gasteiger partial charge on any atom is -0.313 e. The average Bonchev–Trinajstić information content (AvgIpc) is 2.30. The summed E-state index contributed by atoms with van der Waals surface area (Å²) >= 11 is 0. The van der Waals surface area contributed by atoms with Crippen LogP contribution in [0, 0.1) is 0 Å². The quantitative estimate of drug-likeness (QED) is 0.681. The second kappa shape index (κ2) is 6.93. The molecule has 0 aliphatic carbocycles. The molecule has 1 atom stereocenters. The van der Waals surface area contributed by atoms with Crippen LogP contribution in [0.1, 0.15) is 41.5 Å². The molecule has 1 rings (SSSR count). The molecule has 1 aliphatic heterocycles. The van der Waals surface area contributed by atoms with Crippen LogP contribution in [0.15, 0.2) is 23.0 Å². The van der Waals surface area contributed by atoms with Gasteiger partial charge >= 0.3 is 0 Å². The topological polar surface area (TPSA) is 20.3 Å². The molecule has 18 heavy (non-hydrogen) atoms. The summed E-state index contributed by atoms with van der Waals surface area (Å²) in [6, 6.07) is 1.41. The molecular weight excluding hydrogens is 238 g/mol. The molecule has 0 fully saturated rings. The van der Waals surface area contributed by atoms with E-state index in [9.17, 15) is 4.79 Å². The molecule has 0 bridgehead atoms. The molecule has 1 amide bonds. The Hall–Kier alpha value is -0.833. The van der Waals surface area contributed by atoms with Gasteiger partial charge in [-0.1, -0.05) is 51.6 Å². The molecule has 1 unspecified atom stereocenters. The third-order valence-electron chi connectivity index (χ3n) is 3.60. The fourth-order valence-electron chi connectivity index (χ4n) is 2.17. The van der Waals surface area contributed by atoms with Crippen LogP contribution in [0.4, 0.5) is 0 Å². The summed E-state index contributed by atoms with van der Waals surface area (Å²) in [5.74, 6) is 0.134. The summed E-state index contributed by atoms with van der Waals surface area (Å²) in [6.45, 7) is 16.9. The Balaban J connectivity index is 0.00000137. The fraction of sp³-hybridized carbons (Fsp3) is 0.667. The van der Waals surface area contributed by atoms with E-state index >= 15 is 0 Å². The Morgan fingerprint density at radius 3 is 2.28 bits per heavy atom. The molecule has 3 heteroatoms. The van der Waals surface area contributed by atoms with Gasteiger partial charge in [0.05, 0.1) is 14.1 Å². The summed E-state index contributed by atoms with van der Waals surface area (Å²) in [4.78, 5) is 13.4. The highest BCUT2D eigenvalue weighted by atomic mass is 28.3. The normalized spacial score (nSPS) is 19.6. The second-order valence-corrected chi connectivity index (χ2v) is 10.3. The standard InChI is InChI=1S/C13H23NOSi.C2H6/c1-7-16(5,6)13-9-14(12(4)15)11(3)8-10(13)2;1-2/h8-9,11H,7H2,1-6H3;1-2H3. The molecule has 0 radical (unpaired) electrons. The van der Waals surface area contributed by atoms with Crippen molar-refractivity contribution in [2.24, 2.45) is 0 Å². The lowest BCUT2D eigenvalue weighted by Gasteiger charge is -2.34. The van der Waals surface area contributed by atoms with Gasteiger partial charge in [-0.25, -0.2) is 0 Å². The summed E-state index contributed by atoms with van der Waals surface area (Å²) in [7, 11) is -1.36. The van der Waals surface area contributed by atoms with E-state index in [-0.39, 0.29) is 11.9 Å². The van der Waals surface area contributed by atoms with E-state index in [4.69, 9.17) is 0 Å². The second-order valence-electron chi connectivity index (χ2n) is 5.30. The van der Waals surface area contributed by atoms with Crippen LogP contribution < -0.4 is 0 Å². The van der Waals surface area contributed by atoms with Gasteiger partial charge in [-0.05, 0) is 19.0 Å². The summed E-state index contributed by atoms with van der Waals surface area (Å²) in [5, 5.41) is 1.42. The van der Waals surface area contributed by atoms with E-state index in [0.29, 0.717) is 0 Å². The average molecular weight is 267 g/mol. The van der Waals surface area contributed by atoms with Crippen LogP contribution in [0.25, 0.3) is 0 Å². The number of hydrogen-bond donors (Lipinski definition) is 0. The first-order chi connectivity index (χ1) is 8.29. The van der Waals surface area contributed by atoms with Crippen molar-refractivity contribution >= 4 is 14.0 Å². The van der Waals surface area contributed by atoms with Crippen molar-refractivity contribution in [3.8, 4) is 0 Å². The van der Waals surface area contributed by atoms with Gasteiger partial charge in [0.2, 0.25) is 5.91 Å². The monoisotopic (exact) mass is 267 g/mol. The van der Waals surface area contributed by atoms with Crippen LogP contribution in [-0.2, 0) is 4.79 Å². The van der Waals surface area contributed by atoms with Crippen molar-refractivity contribution in [1.82, 2.24) is 4.90 Å². The predicted molar refractivity (Wildman–Crippen MR) is 83.1 cm³/mol. The van der Waals surface area contributed by atoms with E-state index < -0.39 is 8.07 Å². The molecule has 1 aliphatic rings. The molecule has 2 nitrogen and oxygen atoms in total. The molecule has 0 aromatic rings. The molecule has 0 aromatic heterocycles. The first kappa shape index (κ1) is 17.2. The van der Waals surface area contributed by atoms with Gasteiger partial charge in [0.15, 0.2) is 0 Å².